The maximum atomic E-state index is 11.8. The molecule has 0 unspecified atom stereocenters. The van der Waals surface area contributed by atoms with Gasteiger partial charge in [0.2, 0.25) is 5.91 Å². The molecule has 126 valence electrons. The lowest BCUT2D eigenvalue weighted by Crippen LogP contribution is -2.19. The molecule has 0 saturated heterocycles. The van der Waals surface area contributed by atoms with Crippen molar-refractivity contribution in [2.45, 2.75) is 12.7 Å². The van der Waals surface area contributed by atoms with Gasteiger partial charge in [-0.25, -0.2) is 5.43 Å². The van der Waals surface area contributed by atoms with Crippen molar-refractivity contribution in [2.24, 2.45) is 5.10 Å². The molecule has 0 fully saturated rings. The number of phenolic OH excluding ortho intramolecular Hbond substituents is 1. The highest BCUT2D eigenvalue weighted by molar-refractivity contribution is 7.99. The van der Waals surface area contributed by atoms with Gasteiger partial charge in [-0.05, 0) is 24.6 Å². The fraction of sp³-hybridized carbons (Fsp3) is 0.222. The third-order valence-corrected chi connectivity index (χ3v) is 4.27. The minimum absolute atomic E-state index is 0.00764. The van der Waals surface area contributed by atoms with Gasteiger partial charge in [0.1, 0.15) is 0 Å². The highest BCUT2D eigenvalue weighted by atomic mass is 32.2. The number of phenols is 1. The van der Waals surface area contributed by atoms with Crippen molar-refractivity contribution < 1.29 is 14.6 Å². The summed E-state index contributed by atoms with van der Waals surface area (Å²) in [6, 6.07) is 13.3. The fourth-order valence-electron chi connectivity index (χ4n) is 1.96. The molecule has 0 spiro atoms. The normalized spacial score (nSPS) is 10.8. The van der Waals surface area contributed by atoms with E-state index in [1.807, 2.05) is 6.92 Å². The number of carbonyl (C=O) groups excluding carboxylic acids is 1. The second-order valence-corrected chi connectivity index (χ2v) is 6.16. The van der Waals surface area contributed by atoms with E-state index in [-0.39, 0.29) is 11.7 Å². The van der Waals surface area contributed by atoms with Crippen LogP contribution in [0.4, 0.5) is 0 Å². The maximum Gasteiger partial charge on any atom is 0.250 e. The van der Waals surface area contributed by atoms with Crippen LogP contribution in [0.2, 0.25) is 0 Å². The third kappa shape index (κ3) is 5.31. The number of rotatable bonds is 7. The van der Waals surface area contributed by atoms with Crippen LogP contribution in [0.3, 0.4) is 0 Å². The summed E-state index contributed by atoms with van der Waals surface area (Å²) in [6.45, 7) is 2.04. The van der Waals surface area contributed by atoms with Crippen LogP contribution < -0.4 is 10.2 Å². The molecule has 0 aliphatic carbocycles. The van der Waals surface area contributed by atoms with Gasteiger partial charge in [-0.3, -0.25) is 4.79 Å². The molecule has 6 heteroatoms. The van der Waals surface area contributed by atoms with Crippen LogP contribution in [-0.2, 0) is 10.5 Å². The van der Waals surface area contributed by atoms with E-state index in [4.69, 9.17) is 4.74 Å². The largest absolute Gasteiger partial charge is 0.504 e. The zero-order valence-electron chi connectivity index (χ0n) is 13.7. The molecule has 0 aliphatic heterocycles. The molecule has 1 amide bonds. The number of hydrogen-bond donors (Lipinski definition) is 2. The minimum atomic E-state index is -0.189. The van der Waals surface area contributed by atoms with Gasteiger partial charge >= 0.3 is 0 Å². The van der Waals surface area contributed by atoms with Crippen molar-refractivity contribution in [3.05, 3.63) is 59.2 Å². The van der Waals surface area contributed by atoms with E-state index < -0.39 is 0 Å². The van der Waals surface area contributed by atoms with Gasteiger partial charge in [0.05, 0.1) is 19.1 Å². The van der Waals surface area contributed by atoms with Crippen LogP contribution in [0, 0.1) is 6.92 Å². The number of ether oxygens (including phenoxy) is 1. The van der Waals surface area contributed by atoms with E-state index in [0.717, 1.165) is 5.75 Å². The number of amides is 1. The van der Waals surface area contributed by atoms with Gasteiger partial charge in [-0.15, -0.1) is 11.8 Å². The molecule has 24 heavy (non-hydrogen) atoms. The number of benzene rings is 2. The van der Waals surface area contributed by atoms with E-state index in [0.29, 0.717) is 17.1 Å². The molecule has 2 aromatic rings. The Hall–Kier alpha value is -2.47. The summed E-state index contributed by atoms with van der Waals surface area (Å²) in [5.41, 5.74) is 5.33. The average Bonchev–Trinajstić information content (AvgIpc) is 2.58. The first-order valence-corrected chi connectivity index (χ1v) is 8.57. The number of hydrogen-bond acceptors (Lipinski definition) is 5. The van der Waals surface area contributed by atoms with E-state index in [1.54, 1.807) is 18.2 Å². The number of carbonyl (C=O) groups is 1. The standard InChI is InChI=1S/C18H20N2O3S/c1-13-6-8-14(9-7-13)11-24-12-17(21)20-19-10-15-4-3-5-16(23-2)18(15)22/h3-10,22H,11-12H2,1-2H3,(H,20,21)/b19-10-. The Kier molecular flexibility index (Phi) is 6.69. The van der Waals surface area contributed by atoms with Crippen molar-refractivity contribution in [3.8, 4) is 11.5 Å². The van der Waals surface area contributed by atoms with Crippen LogP contribution in [0.1, 0.15) is 16.7 Å². The van der Waals surface area contributed by atoms with Crippen LogP contribution in [0.25, 0.3) is 0 Å². The summed E-state index contributed by atoms with van der Waals surface area (Å²) < 4.78 is 5.01. The lowest BCUT2D eigenvalue weighted by Gasteiger charge is -2.05. The van der Waals surface area contributed by atoms with Crippen molar-refractivity contribution >= 4 is 23.9 Å². The molecule has 0 aromatic heterocycles. The Morgan fingerprint density at radius 2 is 2.04 bits per heavy atom. The van der Waals surface area contributed by atoms with E-state index in [9.17, 15) is 9.90 Å². The molecule has 2 rings (SSSR count). The molecule has 0 saturated carbocycles. The summed E-state index contributed by atoms with van der Waals surface area (Å²) in [4.78, 5) is 11.8. The number of aromatic hydroxyl groups is 1. The Morgan fingerprint density at radius 3 is 2.75 bits per heavy atom. The van der Waals surface area contributed by atoms with Gasteiger partial charge in [-0.1, -0.05) is 35.9 Å². The van der Waals surface area contributed by atoms with Crippen LogP contribution >= 0.6 is 11.8 Å². The van der Waals surface area contributed by atoms with Crippen molar-refractivity contribution in [1.29, 1.82) is 0 Å². The quantitative estimate of drug-likeness (QED) is 0.598. The zero-order valence-corrected chi connectivity index (χ0v) is 14.5. The molecule has 5 nitrogen and oxygen atoms in total. The lowest BCUT2D eigenvalue weighted by atomic mass is 10.2. The van der Waals surface area contributed by atoms with Crippen LogP contribution in [0.15, 0.2) is 47.6 Å². The summed E-state index contributed by atoms with van der Waals surface area (Å²) in [5, 5.41) is 13.8. The summed E-state index contributed by atoms with van der Waals surface area (Å²) in [7, 11) is 1.48. The van der Waals surface area contributed by atoms with Gasteiger partial charge in [-0.2, -0.15) is 5.10 Å². The summed E-state index contributed by atoms with van der Waals surface area (Å²) in [6.07, 6.45) is 1.39. The Morgan fingerprint density at radius 1 is 1.29 bits per heavy atom. The molecule has 0 heterocycles. The van der Waals surface area contributed by atoms with Crippen LogP contribution in [-0.4, -0.2) is 30.1 Å². The first-order chi connectivity index (χ1) is 11.6. The van der Waals surface area contributed by atoms with Gasteiger partial charge in [0.15, 0.2) is 11.5 Å². The van der Waals surface area contributed by atoms with E-state index >= 15 is 0 Å². The van der Waals surface area contributed by atoms with Gasteiger partial charge in [0, 0.05) is 11.3 Å². The van der Waals surface area contributed by atoms with Gasteiger partial charge < -0.3 is 9.84 Å². The number of hydrazone groups is 1. The van der Waals surface area contributed by atoms with Crippen molar-refractivity contribution in [3.63, 3.8) is 0 Å². The molecule has 0 aliphatic rings. The fourth-order valence-corrected chi connectivity index (χ4v) is 2.74. The van der Waals surface area contributed by atoms with Crippen molar-refractivity contribution in [1.82, 2.24) is 5.43 Å². The zero-order chi connectivity index (χ0) is 17.4. The number of nitrogens with zero attached hydrogens (tertiary/aromatic N) is 1. The Bertz CT molecular complexity index is 715. The van der Waals surface area contributed by atoms with Gasteiger partial charge in [0.25, 0.3) is 0 Å². The Labute approximate surface area is 145 Å². The highest BCUT2D eigenvalue weighted by Gasteiger charge is 2.05. The van der Waals surface area contributed by atoms with E-state index in [1.165, 1.54) is 36.2 Å². The second-order valence-electron chi connectivity index (χ2n) is 5.17. The average molecular weight is 344 g/mol. The summed E-state index contributed by atoms with van der Waals surface area (Å²) in [5.74, 6) is 1.25. The summed E-state index contributed by atoms with van der Waals surface area (Å²) >= 11 is 1.52. The van der Waals surface area contributed by atoms with E-state index in [2.05, 4.69) is 34.8 Å². The number of methoxy groups -OCH3 is 1. The molecule has 0 radical (unpaired) electrons. The number of aryl methyl sites for hydroxylation is 1. The lowest BCUT2D eigenvalue weighted by molar-refractivity contribution is -0.118. The number of thioether (sulfide) groups is 1. The number of nitrogens with one attached hydrogen (secondary N) is 1. The third-order valence-electron chi connectivity index (χ3n) is 3.27. The van der Waals surface area contributed by atoms with Crippen molar-refractivity contribution in [2.75, 3.05) is 12.9 Å². The molecule has 2 N–H and O–H groups in total. The SMILES string of the molecule is COc1cccc(/C=N\NC(=O)CSCc2ccc(C)cc2)c1O. The first kappa shape index (κ1) is 17.9. The first-order valence-electron chi connectivity index (χ1n) is 7.41. The Balaban J connectivity index is 1.77. The second kappa shape index (κ2) is 8.98. The topological polar surface area (TPSA) is 70.9 Å². The van der Waals surface area contributed by atoms with Crippen LogP contribution in [0.5, 0.6) is 11.5 Å². The smallest absolute Gasteiger partial charge is 0.250 e. The maximum absolute atomic E-state index is 11.8. The predicted molar refractivity (Wildman–Crippen MR) is 97.7 cm³/mol. The minimum Gasteiger partial charge on any atom is -0.504 e. The molecule has 0 bridgehead atoms. The molecule has 2 aromatic carbocycles. The highest BCUT2D eigenvalue weighted by Crippen LogP contribution is 2.27. The molecular formula is C18H20N2O3S. The predicted octanol–water partition coefficient (Wildman–Crippen LogP) is 3.09. The monoisotopic (exact) mass is 344 g/mol. The number of para-hydroxylation sites is 1. The molecular weight excluding hydrogens is 324 g/mol. The molecule has 0 atom stereocenters.